The van der Waals surface area contributed by atoms with Gasteiger partial charge in [0.15, 0.2) is 0 Å². The highest BCUT2D eigenvalue weighted by Crippen LogP contribution is 2.24. The number of hydrazine groups is 1. The lowest BCUT2D eigenvalue weighted by Crippen LogP contribution is -2.68. The average molecular weight is 486 g/mol. The molecule has 2 amide bonds. The summed E-state index contributed by atoms with van der Waals surface area (Å²) >= 11 is 0. The first kappa shape index (κ1) is 24.2. The number of carbonyl (C=O) groups excluding carboxylic acids is 2. The molecule has 192 valence electrons. The maximum atomic E-state index is 15.1. The number of rotatable bonds is 4. The number of hydrogen-bond donors (Lipinski definition) is 5. The Morgan fingerprint density at radius 3 is 2.47 bits per heavy atom. The molecule has 7 unspecified atom stereocenters. The van der Waals surface area contributed by atoms with Crippen LogP contribution in [0.2, 0.25) is 0 Å². The number of piperidine rings is 1. The van der Waals surface area contributed by atoms with Crippen molar-refractivity contribution in [3.8, 4) is 0 Å². The summed E-state index contributed by atoms with van der Waals surface area (Å²) < 4.78 is 28.9. The summed E-state index contributed by atoms with van der Waals surface area (Å²) in [4.78, 5) is 32.0. The van der Waals surface area contributed by atoms with Crippen molar-refractivity contribution in [2.45, 2.75) is 36.8 Å². The van der Waals surface area contributed by atoms with Gasteiger partial charge in [-0.2, -0.15) is 0 Å². The van der Waals surface area contributed by atoms with Crippen LogP contribution in [-0.2, 0) is 9.59 Å². The summed E-state index contributed by atoms with van der Waals surface area (Å²) in [6, 6.07) is -0.911. The highest BCUT2D eigenvalue weighted by atomic mass is 19.1. The van der Waals surface area contributed by atoms with Gasteiger partial charge in [-0.3, -0.25) is 19.8 Å². The minimum Gasteiger partial charge on any atom is -0.350 e. The van der Waals surface area contributed by atoms with E-state index in [1.165, 1.54) is 0 Å². The van der Waals surface area contributed by atoms with E-state index in [-0.39, 0.29) is 37.4 Å². The highest BCUT2D eigenvalue weighted by Gasteiger charge is 2.48. The zero-order valence-corrected chi connectivity index (χ0v) is 19.6. The molecule has 5 saturated heterocycles. The monoisotopic (exact) mass is 485 g/mol. The zero-order chi connectivity index (χ0) is 24.0. The first-order valence-corrected chi connectivity index (χ1v) is 12.3. The van der Waals surface area contributed by atoms with Crippen LogP contribution < -0.4 is 27.1 Å². The van der Waals surface area contributed by atoms with Crippen LogP contribution in [-0.4, -0.2) is 141 Å². The summed E-state index contributed by atoms with van der Waals surface area (Å²) in [6.07, 6.45) is -3.24. The number of fused-ring (bicyclic) bond motifs is 1. The number of piperazine rings is 1. The molecule has 5 heterocycles. The van der Waals surface area contributed by atoms with E-state index >= 15 is 4.39 Å². The van der Waals surface area contributed by atoms with Crippen molar-refractivity contribution in [1.29, 1.82) is 0 Å². The molecule has 34 heavy (non-hydrogen) atoms. The number of likely N-dealkylation sites (tertiary alicyclic amines) is 1. The van der Waals surface area contributed by atoms with Gasteiger partial charge in [-0.05, 0) is 7.05 Å². The van der Waals surface area contributed by atoms with E-state index < -0.39 is 42.7 Å². The number of nitrogens with two attached hydrogens (primary N) is 1. The smallest absolute Gasteiger partial charge is 0.229 e. The van der Waals surface area contributed by atoms with Crippen molar-refractivity contribution in [2.24, 2.45) is 17.6 Å². The standard InChI is InChI=1S/C21H37F2N9O2/c1-29-9-12(10-29)21(34)31-4-2-30(3-5-31)17-14(23)7-25-8-15(17)27-20(33)16-18(24)28-32-11-13(22)6-26-19(16)32/h12-19,25-26,28H,2-11,24H2,1H3,(H,27,33). The second-order valence-corrected chi connectivity index (χ2v) is 10.3. The van der Waals surface area contributed by atoms with Gasteiger partial charge in [-0.1, -0.05) is 0 Å². The first-order chi connectivity index (χ1) is 16.3. The second kappa shape index (κ2) is 9.88. The Balaban J connectivity index is 1.20. The first-order valence-electron chi connectivity index (χ1n) is 12.3. The Morgan fingerprint density at radius 1 is 1.03 bits per heavy atom. The molecule has 11 nitrogen and oxygen atoms in total. The van der Waals surface area contributed by atoms with Gasteiger partial charge in [0.05, 0.1) is 36.3 Å². The van der Waals surface area contributed by atoms with Crippen molar-refractivity contribution >= 4 is 11.8 Å². The fourth-order valence-electron chi connectivity index (χ4n) is 6.10. The molecular formula is C21H37F2N9O2. The van der Waals surface area contributed by atoms with E-state index in [9.17, 15) is 14.0 Å². The van der Waals surface area contributed by atoms with Crippen LogP contribution in [0.4, 0.5) is 8.78 Å². The Kier molecular flexibility index (Phi) is 7.04. The third-order valence-corrected chi connectivity index (χ3v) is 7.90. The third kappa shape index (κ3) is 4.66. The third-order valence-electron chi connectivity index (χ3n) is 7.90. The quantitative estimate of drug-likeness (QED) is 0.276. The minimum atomic E-state index is -1.14. The molecule has 7 atom stereocenters. The molecule has 0 aromatic heterocycles. The lowest BCUT2D eigenvalue weighted by Gasteiger charge is -2.47. The maximum absolute atomic E-state index is 15.1. The predicted molar refractivity (Wildman–Crippen MR) is 121 cm³/mol. The van der Waals surface area contributed by atoms with Gasteiger partial charge in [-0.25, -0.2) is 19.2 Å². The normalized spacial score (nSPS) is 40.6. The summed E-state index contributed by atoms with van der Waals surface area (Å²) in [6.45, 7) is 4.89. The van der Waals surface area contributed by atoms with E-state index in [0.717, 1.165) is 13.1 Å². The van der Waals surface area contributed by atoms with Crippen LogP contribution in [0.3, 0.4) is 0 Å². The average Bonchev–Trinajstić information content (AvgIpc) is 3.11. The Morgan fingerprint density at radius 2 is 1.76 bits per heavy atom. The molecule has 0 aliphatic carbocycles. The number of amides is 2. The fourth-order valence-corrected chi connectivity index (χ4v) is 6.10. The second-order valence-electron chi connectivity index (χ2n) is 10.3. The largest absolute Gasteiger partial charge is 0.350 e. The maximum Gasteiger partial charge on any atom is 0.229 e. The van der Waals surface area contributed by atoms with Crippen molar-refractivity contribution in [3.63, 3.8) is 0 Å². The van der Waals surface area contributed by atoms with E-state index in [0.29, 0.717) is 32.7 Å². The molecule has 0 aromatic carbocycles. The lowest BCUT2D eigenvalue weighted by molar-refractivity contribution is -0.143. The minimum absolute atomic E-state index is 0.0706. The zero-order valence-electron chi connectivity index (χ0n) is 19.6. The molecule has 0 spiro atoms. The van der Waals surface area contributed by atoms with Gasteiger partial charge in [0.2, 0.25) is 11.8 Å². The molecule has 6 N–H and O–H groups in total. The van der Waals surface area contributed by atoms with Crippen LogP contribution in [0.15, 0.2) is 0 Å². The molecule has 0 radical (unpaired) electrons. The molecule has 5 aliphatic rings. The van der Waals surface area contributed by atoms with Crippen molar-refractivity contribution in [1.82, 2.24) is 41.1 Å². The SMILES string of the molecule is CN1CC(C(=O)N2CCN(C3C(F)CNCC3NC(=O)C3C(N)NN4CC(F)CNC34)CC2)C1. The number of hydrogen-bond acceptors (Lipinski definition) is 9. The Labute approximate surface area is 198 Å². The highest BCUT2D eigenvalue weighted by molar-refractivity contribution is 5.81. The molecule has 0 bridgehead atoms. The van der Waals surface area contributed by atoms with E-state index in [2.05, 4.69) is 31.2 Å². The predicted octanol–water partition coefficient (Wildman–Crippen LogP) is -3.52. The van der Waals surface area contributed by atoms with Gasteiger partial charge >= 0.3 is 0 Å². The molecule has 0 aromatic rings. The van der Waals surface area contributed by atoms with Crippen LogP contribution in [0.25, 0.3) is 0 Å². The molecule has 5 fully saturated rings. The number of carbonyl (C=O) groups is 2. The van der Waals surface area contributed by atoms with Crippen molar-refractivity contribution in [3.05, 3.63) is 0 Å². The summed E-state index contributed by atoms with van der Waals surface area (Å²) in [5.41, 5.74) is 9.15. The molecule has 5 aliphatic heterocycles. The van der Waals surface area contributed by atoms with Crippen LogP contribution in [0.5, 0.6) is 0 Å². The summed E-state index contributed by atoms with van der Waals surface area (Å²) in [5.74, 6) is -0.636. The Hall–Kier alpha value is -1.48. The van der Waals surface area contributed by atoms with E-state index in [4.69, 9.17) is 5.73 Å². The van der Waals surface area contributed by atoms with Gasteiger partial charge < -0.3 is 26.2 Å². The van der Waals surface area contributed by atoms with Crippen LogP contribution in [0.1, 0.15) is 0 Å². The summed E-state index contributed by atoms with van der Waals surface area (Å²) in [7, 11) is 2.00. The number of alkyl halides is 2. The van der Waals surface area contributed by atoms with Gasteiger partial charge in [0.1, 0.15) is 12.3 Å². The molecule has 0 saturated carbocycles. The summed E-state index contributed by atoms with van der Waals surface area (Å²) in [5, 5.41) is 10.8. The van der Waals surface area contributed by atoms with Crippen molar-refractivity contribution in [2.75, 3.05) is 72.5 Å². The van der Waals surface area contributed by atoms with E-state index in [1.807, 2.05) is 11.9 Å². The molecule has 5 rings (SSSR count). The topological polar surface area (TPSA) is 121 Å². The van der Waals surface area contributed by atoms with Gasteiger partial charge in [0, 0.05) is 65.4 Å². The molecule has 13 heteroatoms. The van der Waals surface area contributed by atoms with Crippen LogP contribution >= 0.6 is 0 Å². The van der Waals surface area contributed by atoms with E-state index in [1.54, 1.807) is 5.01 Å². The van der Waals surface area contributed by atoms with Gasteiger partial charge in [0.25, 0.3) is 0 Å². The number of nitrogens with one attached hydrogen (secondary N) is 4. The number of halogens is 2. The Bertz CT molecular complexity index is 765. The fraction of sp³-hybridized carbons (Fsp3) is 0.905. The number of nitrogens with zero attached hydrogens (tertiary/aromatic N) is 4. The molecular weight excluding hydrogens is 448 g/mol. The van der Waals surface area contributed by atoms with Crippen molar-refractivity contribution < 1.29 is 18.4 Å². The lowest BCUT2D eigenvalue weighted by atomic mass is 9.94. The van der Waals surface area contributed by atoms with Crippen LogP contribution in [0, 0.1) is 11.8 Å². The van der Waals surface area contributed by atoms with Gasteiger partial charge in [-0.15, -0.1) is 0 Å².